The van der Waals surface area contributed by atoms with Crippen LogP contribution < -0.4 is 24.4 Å². The first-order chi connectivity index (χ1) is 16.3. The summed E-state index contributed by atoms with van der Waals surface area (Å²) in [5.74, 6) is 0.922. The molecule has 0 bridgehead atoms. The fourth-order valence-electron chi connectivity index (χ4n) is 3.64. The topological polar surface area (TPSA) is 123 Å². The molecule has 1 amide bonds. The summed E-state index contributed by atoms with van der Waals surface area (Å²) in [7, 11) is -2.41. The molecule has 1 aromatic heterocycles. The minimum Gasteiger partial charge on any atom is -0.497 e. The second-order valence-electron chi connectivity index (χ2n) is 7.82. The lowest BCUT2D eigenvalue weighted by Crippen LogP contribution is -2.24. The molecule has 1 aliphatic heterocycles. The third-order valence-electron chi connectivity index (χ3n) is 5.28. The number of rotatable bonds is 9. The molecule has 3 aromatic rings. The number of nitrogens with one attached hydrogen (secondary N) is 2. The predicted octanol–water partition coefficient (Wildman–Crippen LogP) is 3.41. The predicted molar refractivity (Wildman–Crippen MR) is 127 cm³/mol. The lowest BCUT2D eigenvalue weighted by atomic mass is 10.2. The molecule has 1 aliphatic rings. The van der Waals surface area contributed by atoms with E-state index in [1.54, 1.807) is 56.5 Å². The molecule has 10 nitrogen and oxygen atoms in total. The van der Waals surface area contributed by atoms with Gasteiger partial charge in [-0.05, 0) is 67.4 Å². The summed E-state index contributed by atoms with van der Waals surface area (Å²) in [6, 6.07) is 13.0. The zero-order chi connectivity index (χ0) is 24.1. The first-order valence-corrected chi connectivity index (χ1v) is 12.2. The Balaban J connectivity index is 1.55. The van der Waals surface area contributed by atoms with E-state index in [9.17, 15) is 13.2 Å². The monoisotopic (exact) mass is 486 g/mol. The second kappa shape index (κ2) is 10.0. The zero-order valence-electron chi connectivity index (χ0n) is 18.9. The van der Waals surface area contributed by atoms with Crippen molar-refractivity contribution in [2.75, 3.05) is 41.7 Å². The Morgan fingerprint density at radius 2 is 1.79 bits per heavy atom. The van der Waals surface area contributed by atoms with E-state index in [1.807, 2.05) is 4.90 Å². The molecule has 34 heavy (non-hydrogen) atoms. The standard InChI is InChI=1S/C23H26N4O6S/c1-16-13-23(25-33-16)32-15-22(28)24-18-7-10-20(27-11-3-4-12-27)21(14-18)34(29,30)26-17-5-8-19(31-2)9-6-17/h5-10,13-14,26H,3-4,11-12,15H2,1-2H3,(H,24,28). The van der Waals surface area contributed by atoms with Gasteiger partial charge in [0.1, 0.15) is 16.4 Å². The van der Waals surface area contributed by atoms with Gasteiger partial charge in [0.15, 0.2) is 6.61 Å². The zero-order valence-corrected chi connectivity index (χ0v) is 19.7. The normalized spacial score (nSPS) is 13.5. The van der Waals surface area contributed by atoms with E-state index in [1.165, 1.54) is 6.07 Å². The Morgan fingerprint density at radius 3 is 2.44 bits per heavy atom. The van der Waals surface area contributed by atoms with Gasteiger partial charge in [-0.1, -0.05) is 0 Å². The van der Waals surface area contributed by atoms with Gasteiger partial charge in [0.05, 0.1) is 12.8 Å². The number of nitrogens with zero attached hydrogens (tertiary/aromatic N) is 2. The van der Waals surface area contributed by atoms with Crippen LogP contribution in [0.3, 0.4) is 0 Å². The van der Waals surface area contributed by atoms with Gasteiger partial charge < -0.3 is 24.2 Å². The molecule has 0 radical (unpaired) electrons. The number of aryl methyl sites for hydroxylation is 1. The van der Waals surface area contributed by atoms with Crippen LogP contribution in [-0.4, -0.2) is 46.3 Å². The fraction of sp³-hybridized carbons (Fsp3) is 0.304. The number of benzene rings is 2. The average molecular weight is 487 g/mol. The quantitative estimate of drug-likeness (QED) is 0.472. The summed E-state index contributed by atoms with van der Waals surface area (Å²) in [4.78, 5) is 14.5. The Kier molecular flexibility index (Phi) is 6.92. The van der Waals surface area contributed by atoms with Crippen molar-refractivity contribution in [1.29, 1.82) is 0 Å². The number of sulfonamides is 1. The van der Waals surface area contributed by atoms with Gasteiger partial charge >= 0.3 is 0 Å². The highest BCUT2D eigenvalue weighted by Crippen LogP contribution is 2.32. The van der Waals surface area contributed by atoms with Gasteiger partial charge in [0.2, 0.25) is 0 Å². The number of ether oxygens (including phenoxy) is 2. The highest BCUT2D eigenvalue weighted by atomic mass is 32.2. The van der Waals surface area contributed by atoms with E-state index in [0.717, 1.165) is 25.9 Å². The van der Waals surface area contributed by atoms with Crippen molar-refractivity contribution in [3.8, 4) is 11.6 Å². The summed E-state index contributed by atoms with van der Waals surface area (Å²) >= 11 is 0. The molecular formula is C23H26N4O6S. The van der Waals surface area contributed by atoms with Gasteiger partial charge in [-0.25, -0.2) is 8.42 Å². The number of carbonyl (C=O) groups is 1. The maximum absolute atomic E-state index is 13.4. The van der Waals surface area contributed by atoms with Crippen LogP contribution >= 0.6 is 0 Å². The second-order valence-corrected chi connectivity index (χ2v) is 9.47. The molecule has 0 aliphatic carbocycles. The molecular weight excluding hydrogens is 460 g/mol. The summed E-state index contributed by atoms with van der Waals surface area (Å²) < 4.78 is 44.7. The van der Waals surface area contributed by atoms with Crippen molar-refractivity contribution in [1.82, 2.24) is 5.16 Å². The van der Waals surface area contributed by atoms with Gasteiger partial charge in [-0.2, -0.15) is 0 Å². The molecule has 2 heterocycles. The third kappa shape index (κ3) is 5.60. The van der Waals surface area contributed by atoms with E-state index in [-0.39, 0.29) is 17.4 Å². The Hall–Kier alpha value is -3.73. The van der Waals surface area contributed by atoms with Gasteiger partial charge in [-0.3, -0.25) is 9.52 Å². The molecule has 4 rings (SSSR count). The van der Waals surface area contributed by atoms with Crippen LogP contribution in [-0.2, 0) is 14.8 Å². The lowest BCUT2D eigenvalue weighted by molar-refractivity contribution is -0.118. The molecule has 180 valence electrons. The first-order valence-electron chi connectivity index (χ1n) is 10.8. The van der Waals surface area contributed by atoms with Crippen LogP contribution in [0, 0.1) is 6.92 Å². The van der Waals surface area contributed by atoms with E-state index in [4.69, 9.17) is 14.0 Å². The molecule has 11 heteroatoms. The van der Waals surface area contributed by atoms with Gasteiger partial charge in [0.25, 0.3) is 21.8 Å². The maximum atomic E-state index is 13.4. The van der Waals surface area contributed by atoms with Crippen molar-refractivity contribution >= 4 is 33.0 Å². The minimum absolute atomic E-state index is 0.0797. The van der Waals surface area contributed by atoms with Crippen LogP contribution in [0.5, 0.6) is 11.6 Å². The van der Waals surface area contributed by atoms with E-state index in [2.05, 4.69) is 15.2 Å². The van der Waals surface area contributed by atoms with Gasteiger partial charge in [0, 0.05) is 30.5 Å². The van der Waals surface area contributed by atoms with Crippen molar-refractivity contribution in [2.45, 2.75) is 24.7 Å². The van der Waals surface area contributed by atoms with Crippen molar-refractivity contribution in [2.24, 2.45) is 0 Å². The highest BCUT2D eigenvalue weighted by molar-refractivity contribution is 7.92. The number of hydrogen-bond donors (Lipinski definition) is 2. The highest BCUT2D eigenvalue weighted by Gasteiger charge is 2.25. The molecule has 1 saturated heterocycles. The summed E-state index contributed by atoms with van der Waals surface area (Å²) in [6.45, 7) is 2.94. The Morgan fingerprint density at radius 1 is 1.09 bits per heavy atom. The molecule has 0 unspecified atom stereocenters. The number of anilines is 3. The van der Waals surface area contributed by atoms with Crippen molar-refractivity contribution < 1.29 is 27.2 Å². The number of methoxy groups -OCH3 is 1. The van der Waals surface area contributed by atoms with E-state index < -0.39 is 15.9 Å². The summed E-state index contributed by atoms with van der Waals surface area (Å²) in [5.41, 5.74) is 1.33. The third-order valence-corrected chi connectivity index (χ3v) is 6.69. The minimum atomic E-state index is -3.95. The summed E-state index contributed by atoms with van der Waals surface area (Å²) in [6.07, 6.45) is 1.98. The van der Waals surface area contributed by atoms with Crippen LogP contribution in [0.25, 0.3) is 0 Å². The van der Waals surface area contributed by atoms with Crippen molar-refractivity contribution in [3.63, 3.8) is 0 Å². The van der Waals surface area contributed by atoms with E-state index >= 15 is 0 Å². The molecule has 0 saturated carbocycles. The molecule has 2 N–H and O–H groups in total. The number of hydrogen-bond acceptors (Lipinski definition) is 8. The smallest absolute Gasteiger partial charge is 0.264 e. The Bertz CT molecular complexity index is 1250. The molecule has 0 atom stereocenters. The fourth-order valence-corrected chi connectivity index (χ4v) is 4.95. The van der Waals surface area contributed by atoms with Crippen molar-refractivity contribution in [3.05, 3.63) is 54.3 Å². The number of amides is 1. The largest absolute Gasteiger partial charge is 0.497 e. The van der Waals surface area contributed by atoms with Gasteiger partial charge in [-0.15, -0.1) is 0 Å². The lowest BCUT2D eigenvalue weighted by Gasteiger charge is -2.22. The van der Waals surface area contributed by atoms with Crippen LogP contribution in [0.2, 0.25) is 0 Å². The van der Waals surface area contributed by atoms with E-state index in [0.29, 0.717) is 28.6 Å². The maximum Gasteiger partial charge on any atom is 0.264 e. The SMILES string of the molecule is COc1ccc(NS(=O)(=O)c2cc(NC(=O)COc3cc(C)on3)ccc2N2CCCC2)cc1. The molecule has 1 fully saturated rings. The molecule has 2 aromatic carbocycles. The molecule has 0 spiro atoms. The van der Waals surface area contributed by atoms with Crippen LogP contribution in [0.15, 0.2) is 57.9 Å². The average Bonchev–Trinajstić information content (AvgIpc) is 3.50. The number of aromatic nitrogens is 1. The summed E-state index contributed by atoms with van der Waals surface area (Å²) in [5, 5.41) is 6.35. The Labute approximate surface area is 197 Å². The number of carbonyl (C=O) groups excluding carboxylic acids is 1. The first kappa shape index (κ1) is 23.4. The van der Waals surface area contributed by atoms with Crippen LogP contribution in [0.4, 0.5) is 17.1 Å². The van der Waals surface area contributed by atoms with Crippen LogP contribution in [0.1, 0.15) is 18.6 Å².